The Kier molecular flexibility index (Phi) is 8.31. The molecule has 0 spiro atoms. The Morgan fingerprint density at radius 3 is 2.48 bits per heavy atom. The van der Waals surface area contributed by atoms with E-state index < -0.39 is 5.60 Å². The molecule has 2 saturated heterocycles. The Morgan fingerprint density at radius 2 is 1.77 bits per heavy atom. The van der Waals surface area contributed by atoms with Crippen molar-refractivity contribution in [1.82, 2.24) is 19.8 Å². The maximum absolute atomic E-state index is 14.3. The molecule has 2 fully saturated rings. The van der Waals surface area contributed by atoms with Crippen molar-refractivity contribution in [3.8, 4) is 0 Å². The Morgan fingerprint density at radius 1 is 1.05 bits per heavy atom. The number of carbonyl (C=O) groups is 2. The third-order valence-electron chi connectivity index (χ3n) is 8.34. The first-order chi connectivity index (χ1) is 19.1. The van der Waals surface area contributed by atoms with Crippen LogP contribution in [-0.2, 0) is 27.2 Å². The van der Waals surface area contributed by atoms with Crippen LogP contribution in [0.5, 0.6) is 0 Å². The summed E-state index contributed by atoms with van der Waals surface area (Å²) in [6.45, 7) is 12.2. The summed E-state index contributed by atoms with van der Waals surface area (Å²) < 4.78 is 11.2. The fourth-order valence-electron chi connectivity index (χ4n) is 6.16. The minimum absolute atomic E-state index is 0.0357. The van der Waals surface area contributed by atoms with Gasteiger partial charge in [-0.05, 0) is 71.4 Å². The van der Waals surface area contributed by atoms with E-state index >= 15 is 0 Å². The lowest BCUT2D eigenvalue weighted by atomic mass is 9.77. The Balaban J connectivity index is 1.36. The maximum Gasteiger partial charge on any atom is 0.410 e. The van der Waals surface area contributed by atoms with E-state index in [4.69, 9.17) is 14.5 Å². The van der Waals surface area contributed by atoms with Gasteiger partial charge in [-0.15, -0.1) is 0 Å². The number of carbonyl (C=O) groups excluding carboxylic acids is 2. The van der Waals surface area contributed by atoms with E-state index in [1.807, 2.05) is 57.0 Å². The molecule has 0 aliphatic carbocycles. The average Bonchev–Trinajstić information content (AvgIpc) is 2.92. The van der Waals surface area contributed by atoms with Gasteiger partial charge in [-0.1, -0.05) is 30.3 Å². The van der Waals surface area contributed by atoms with Gasteiger partial charge >= 0.3 is 6.09 Å². The molecule has 2 amide bonds. The lowest BCUT2D eigenvalue weighted by molar-refractivity contribution is -0.142. The van der Waals surface area contributed by atoms with Gasteiger partial charge in [0.15, 0.2) is 0 Å². The van der Waals surface area contributed by atoms with Crippen LogP contribution in [0.1, 0.15) is 76.6 Å². The second-order valence-electron chi connectivity index (χ2n) is 12.6. The number of benzene rings is 1. The van der Waals surface area contributed by atoms with Crippen LogP contribution in [0.15, 0.2) is 36.5 Å². The van der Waals surface area contributed by atoms with Crippen molar-refractivity contribution in [1.29, 1.82) is 0 Å². The van der Waals surface area contributed by atoms with Gasteiger partial charge in [-0.25, -0.2) is 14.8 Å². The van der Waals surface area contributed by atoms with Crippen molar-refractivity contribution in [2.45, 2.75) is 96.5 Å². The number of piperidine rings is 1. The number of rotatable bonds is 4. The smallest absolute Gasteiger partial charge is 0.410 e. The molecule has 0 radical (unpaired) electrons. The van der Waals surface area contributed by atoms with Gasteiger partial charge in [-0.3, -0.25) is 4.79 Å². The third-order valence-corrected chi connectivity index (χ3v) is 8.34. The molecule has 1 aromatic heterocycles. The first-order valence-electron chi connectivity index (χ1n) is 14.6. The topological polar surface area (TPSA) is 96.9 Å². The molecule has 2 aromatic rings. The second kappa shape index (κ2) is 11.7. The van der Waals surface area contributed by atoms with E-state index in [2.05, 4.69) is 29.4 Å². The van der Waals surface area contributed by atoms with E-state index in [1.165, 1.54) is 0 Å². The molecule has 9 nitrogen and oxygen atoms in total. The van der Waals surface area contributed by atoms with Crippen LogP contribution >= 0.6 is 0 Å². The van der Waals surface area contributed by atoms with E-state index in [0.29, 0.717) is 31.5 Å². The van der Waals surface area contributed by atoms with Gasteiger partial charge in [0.1, 0.15) is 5.60 Å². The number of hydrogen-bond acceptors (Lipinski definition) is 7. The van der Waals surface area contributed by atoms with Crippen molar-refractivity contribution in [2.75, 3.05) is 25.1 Å². The monoisotopic (exact) mass is 549 g/mol. The number of aromatic nitrogens is 2. The van der Waals surface area contributed by atoms with Gasteiger partial charge in [0.2, 0.25) is 11.9 Å². The van der Waals surface area contributed by atoms with Gasteiger partial charge in [0.05, 0.1) is 12.2 Å². The quantitative estimate of drug-likeness (QED) is 0.587. The number of fused-ring (bicyclic) bond motifs is 1. The molecule has 1 N–H and O–H groups in total. The summed E-state index contributed by atoms with van der Waals surface area (Å²) in [5.74, 6) is 0.373. The summed E-state index contributed by atoms with van der Waals surface area (Å²) in [6, 6.07) is 10.3. The molecule has 9 heteroatoms. The first kappa shape index (κ1) is 28.3. The van der Waals surface area contributed by atoms with Crippen molar-refractivity contribution in [3.63, 3.8) is 0 Å². The number of amides is 2. The Bertz CT molecular complexity index is 1190. The summed E-state index contributed by atoms with van der Waals surface area (Å²) >= 11 is 0. The molecule has 4 atom stereocenters. The summed E-state index contributed by atoms with van der Waals surface area (Å²) in [6.07, 6.45) is 4.76. The summed E-state index contributed by atoms with van der Waals surface area (Å²) in [5.41, 5.74) is 2.49. The zero-order chi connectivity index (χ0) is 28.4. The van der Waals surface area contributed by atoms with Crippen molar-refractivity contribution in [2.24, 2.45) is 5.92 Å². The molecule has 216 valence electrons. The van der Waals surface area contributed by atoms with Crippen LogP contribution in [0.25, 0.3) is 0 Å². The number of anilines is 1. The Labute approximate surface area is 237 Å². The largest absolute Gasteiger partial charge is 0.444 e. The molecule has 4 heterocycles. The van der Waals surface area contributed by atoms with E-state index in [0.717, 1.165) is 49.3 Å². The van der Waals surface area contributed by atoms with Gasteiger partial charge in [0.25, 0.3) is 0 Å². The van der Waals surface area contributed by atoms with Crippen molar-refractivity contribution < 1.29 is 19.1 Å². The number of hydrogen-bond donors (Lipinski definition) is 1. The molecule has 0 saturated carbocycles. The van der Waals surface area contributed by atoms with Crippen LogP contribution in [-0.4, -0.2) is 75.3 Å². The molecule has 3 aliphatic heterocycles. The highest BCUT2D eigenvalue weighted by Crippen LogP contribution is 2.38. The number of nitrogens with one attached hydrogen (secondary N) is 1. The maximum atomic E-state index is 14.3. The lowest BCUT2D eigenvalue weighted by Gasteiger charge is -2.45. The highest BCUT2D eigenvalue weighted by atomic mass is 16.6. The van der Waals surface area contributed by atoms with E-state index in [9.17, 15) is 9.59 Å². The lowest BCUT2D eigenvalue weighted by Crippen LogP contribution is -2.54. The SMILES string of the molecule is C[C@@H]1Cc2cnc(NC3CCOCC3)nc2CN1C(=O)[C@@H]1C[C@H](C)N(C(=O)OC(C)(C)C)C[C@H]1c1ccccc1. The van der Waals surface area contributed by atoms with Crippen molar-refractivity contribution in [3.05, 3.63) is 53.3 Å². The molecular formula is C31H43N5O4. The predicted octanol–water partition coefficient (Wildman–Crippen LogP) is 4.77. The minimum Gasteiger partial charge on any atom is -0.444 e. The van der Waals surface area contributed by atoms with Gasteiger partial charge in [0, 0.05) is 55.9 Å². The zero-order valence-electron chi connectivity index (χ0n) is 24.4. The van der Waals surface area contributed by atoms with Gasteiger partial charge < -0.3 is 24.6 Å². The molecule has 3 aliphatic rings. The highest BCUT2D eigenvalue weighted by Gasteiger charge is 2.44. The average molecular weight is 550 g/mol. The fourth-order valence-corrected chi connectivity index (χ4v) is 6.16. The number of nitrogens with zero attached hydrogens (tertiary/aromatic N) is 4. The zero-order valence-corrected chi connectivity index (χ0v) is 24.4. The molecule has 0 bridgehead atoms. The van der Waals surface area contributed by atoms with Crippen LogP contribution in [0.2, 0.25) is 0 Å². The van der Waals surface area contributed by atoms with Crippen LogP contribution in [0.4, 0.5) is 10.7 Å². The highest BCUT2D eigenvalue weighted by molar-refractivity contribution is 5.81. The molecule has 1 aromatic carbocycles. The van der Waals surface area contributed by atoms with Crippen LogP contribution < -0.4 is 5.32 Å². The molecule has 40 heavy (non-hydrogen) atoms. The predicted molar refractivity (Wildman–Crippen MR) is 153 cm³/mol. The minimum atomic E-state index is -0.581. The van der Waals surface area contributed by atoms with Crippen molar-refractivity contribution >= 4 is 17.9 Å². The van der Waals surface area contributed by atoms with Crippen LogP contribution in [0.3, 0.4) is 0 Å². The standard InChI is InChI=1S/C31H43N5O4/c1-20-15-23-17-32-29(33-24-11-13-39-14-12-24)34-27(23)19-35(20)28(37)25-16-21(2)36(30(38)40-31(3,4)5)18-26(25)22-9-7-6-8-10-22/h6-10,17,20-21,24-26H,11-16,18-19H2,1-5H3,(H,32,33,34)/t20-,21+,25-,26+/m1/s1. The third kappa shape index (κ3) is 6.40. The number of ether oxygens (including phenoxy) is 2. The molecule has 0 unspecified atom stereocenters. The van der Waals surface area contributed by atoms with E-state index in [-0.39, 0.29) is 35.9 Å². The van der Waals surface area contributed by atoms with E-state index in [1.54, 1.807) is 4.90 Å². The Hall–Kier alpha value is -3.20. The molecule has 5 rings (SSSR count). The molecular weight excluding hydrogens is 506 g/mol. The summed E-state index contributed by atoms with van der Waals surface area (Å²) in [7, 11) is 0. The normalized spacial score (nSPS) is 25.7. The second-order valence-corrected chi connectivity index (χ2v) is 12.6. The summed E-state index contributed by atoms with van der Waals surface area (Å²) in [5, 5.41) is 3.46. The summed E-state index contributed by atoms with van der Waals surface area (Å²) in [4.78, 5) is 40.7. The van der Waals surface area contributed by atoms with Crippen LogP contribution in [0, 0.1) is 5.92 Å². The number of likely N-dealkylation sites (tertiary alicyclic amines) is 1. The van der Waals surface area contributed by atoms with Gasteiger partial charge in [-0.2, -0.15) is 0 Å². The first-order valence-corrected chi connectivity index (χ1v) is 14.6. The fraction of sp³-hybridized carbons (Fsp3) is 0.613.